The van der Waals surface area contributed by atoms with Crippen LogP contribution in [0.2, 0.25) is 0 Å². The minimum atomic E-state index is -3.77. The molecule has 0 saturated carbocycles. The van der Waals surface area contributed by atoms with Crippen molar-refractivity contribution in [2.75, 3.05) is 11.5 Å². The summed E-state index contributed by atoms with van der Waals surface area (Å²) in [6, 6.07) is -0.564. The molecule has 0 spiro atoms. The van der Waals surface area contributed by atoms with Crippen LogP contribution in [0.1, 0.15) is 25.6 Å². The summed E-state index contributed by atoms with van der Waals surface area (Å²) in [7, 11) is -6.91. The Balaban J connectivity index is 2.18. The van der Waals surface area contributed by atoms with Gasteiger partial charge in [0.15, 0.2) is 14.9 Å². The minimum Gasteiger partial charge on any atom is -0.334 e. The van der Waals surface area contributed by atoms with E-state index >= 15 is 0 Å². The number of aryl methyl sites for hydroxylation is 2. The number of imidazole rings is 1. The molecule has 2 heterocycles. The van der Waals surface area contributed by atoms with Gasteiger partial charge >= 0.3 is 0 Å². The van der Waals surface area contributed by atoms with Crippen LogP contribution < -0.4 is 4.72 Å². The average Bonchev–Trinajstić information content (AvgIpc) is 2.69. The van der Waals surface area contributed by atoms with Crippen molar-refractivity contribution in [1.29, 1.82) is 0 Å². The van der Waals surface area contributed by atoms with Crippen molar-refractivity contribution in [2.24, 2.45) is 0 Å². The summed E-state index contributed by atoms with van der Waals surface area (Å²) in [5, 5.41) is -0.0557. The van der Waals surface area contributed by atoms with E-state index < -0.39 is 25.9 Å². The predicted octanol–water partition coefficient (Wildman–Crippen LogP) is 0.0669. The van der Waals surface area contributed by atoms with Gasteiger partial charge in [0.05, 0.1) is 11.5 Å². The molecular weight excluding hydrogens is 302 g/mol. The van der Waals surface area contributed by atoms with Gasteiger partial charge in [-0.2, -0.15) is 0 Å². The number of nitrogens with one attached hydrogen (secondary N) is 1. The fourth-order valence-corrected chi connectivity index (χ4v) is 5.35. The van der Waals surface area contributed by atoms with Crippen molar-refractivity contribution < 1.29 is 16.8 Å². The van der Waals surface area contributed by atoms with Gasteiger partial charge in [0.2, 0.25) is 0 Å². The van der Waals surface area contributed by atoms with Gasteiger partial charge in [-0.1, -0.05) is 0 Å². The van der Waals surface area contributed by atoms with Crippen molar-refractivity contribution in [3.8, 4) is 0 Å². The predicted molar refractivity (Wildman–Crippen MR) is 74.6 cm³/mol. The van der Waals surface area contributed by atoms with Crippen LogP contribution in [-0.4, -0.2) is 43.9 Å². The lowest BCUT2D eigenvalue weighted by Gasteiger charge is -2.22. The first-order valence-electron chi connectivity index (χ1n) is 6.50. The van der Waals surface area contributed by atoms with Gasteiger partial charge in [-0.05, 0) is 26.7 Å². The van der Waals surface area contributed by atoms with Crippen LogP contribution in [-0.2, 0) is 26.4 Å². The molecule has 1 saturated heterocycles. The third-order valence-electron chi connectivity index (χ3n) is 3.35. The molecule has 1 fully saturated rings. The Labute approximate surface area is 119 Å². The molecule has 0 bridgehead atoms. The van der Waals surface area contributed by atoms with Crippen molar-refractivity contribution in [3.63, 3.8) is 0 Å². The number of hydrogen-bond donors (Lipinski definition) is 1. The molecule has 1 aromatic heterocycles. The summed E-state index contributed by atoms with van der Waals surface area (Å²) in [5.41, 5.74) is 0. The van der Waals surface area contributed by atoms with Crippen LogP contribution in [0, 0.1) is 6.92 Å². The Morgan fingerprint density at radius 3 is 2.75 bits per heavy atom. The van der Waals surface area contributed by atoms with E-state index in [0.717, 1.165) is 0 Å². The molecular formula is C11H19N3O4S2. The van der Waals surface area contributed by atoms with E-state index in [4.69, 9.17) is 0 Å². The summed E-state index contributed by atoms with van der Waals surface area (Å²) >= 11 is 0. The van der Waals surface area contributed by atoms with Crippen LogP contribution in [0.25, 0.3) is 0 Å². The van der Waals surface area contributed by atoms with Gasteiger partial charge in [0.25, 0.3) is 10.0 Å². The Hall–Kier alpha value is -0.930. The molecule has 0 aromatic carbocycles. The number of nitrogens with zero attached hydrogens (tertiary/aromatic N) is 2. The zero-order valence-electron chi connectivity index (χ0n) is 11.5. The van der Waals surface area contributed by atoms with Crippen LogP contribution >= 0.6 is 0 Å². The minimum absolute atomic E-state index is 0.0557. The number of hydrogen-bond acceptors (Lipinski definition) is 5. The molecule has 7 nitrogen and oxygen atoms in total. The molecule has 1 aliphatic heterocycles. The second kappa shape index (κ2) is 5.45. The molecule has 1 aliphatic rings. The topological polar surface area (TPSA) is 98.1 Å². The maximum Gasteiger partial charge on any atom is 0.259 e. The van der Waals surface area contributed by atoms with Crippen LogP contribution in [0.15, 0.2) is 11.2 Å². The summed E-state index contributed by atoms with van der Waals surface area (Å²) in [6.45, 7) is 4.26. The first kappa shape index (κ1) is 15.5. The van der Waals surface area contributed by atoms with Gasteiger partial charge in [-0.15, -0.1) is 0 Å². The SMILES string of the molecule is CCn1cc(S(=O)(=O)NC2CCCS(=O)(=O)C2)nc1C. The smallest absolute Gasteiger partial charge is 0.259 e. The Bertz CT molecular complexity index is 691. The van der Waals surface area contributed by atoms with E-state index in [1.807, 2.05) is 6.92 Å². The third-order valence-corrected chi connectivity index (χ3v) is 6.57. The summed E-state index contributed by atoms with van der Waals surface area (Å²) in [5.74, 6) is 0.609. The molecule has 1 atom stereocenters. The standard InChI is InChI=1S/C11H19N3O4S2/c1-3-14-7-11(12-9(14)2)20(17,18)13-10-5-4-6-19(15,16)8-10/h7,10,13H,3-6,8H2,1-2H3. The molecule has 114 valence electrons. The lowest BCUT2D eigenvalue weighted by Crippen LogP contribution is -2.43. The third kappa shape index (κ3) is 3.39. The van der Waals surface area contributed by atoms with Gasteiger partial charge in [-0.25, -0.2) is 26.5 Å². The number of sulfonamides is 1. The number of sulfone groups is 1. The van der Waals surface area contributed by atoms with Crippen molar-refractivity contribution in [1.82, 2.24) is 14.3 Å². The van der Waals surface area contributed by atoms with Crippen LogP contribution in [0.5, 0.6) is 0 Å². The maximum absolute atomic E-state index is 12.2. The molecule has 0 aliphatic carbocycles. The summed E-state index contributed by atoms with van der Waals surface area (Å²) < 4.78 is 51.7. The van der Waals surface area contributed by atoms with Gasteiger partial charge in [0, 0.05) is 18.8 Å². The quantitative estimate of drug-likeness (QED) is 0.846. The van der Waals surface area contributed by atoms with Crippen LogP contribution in [0.3, 0.4) is 0 Å². The molecule has 2 rings (SSSR count). The van der Waals surface area contributed by atoms with Crippen molar-refractivity contribution in [2.45, 2.75) is 44.3 Å². The molecule has 1 N–H and O–H groups in total. The van der Waals surface area contributed by atoms with E-state index in [1.165, 1.54) is 6.20 Å². The lowest BCUT2D eigenvalue weighted by atomic mass is 10.2. The lowest BCUT2D eigenvalue weighted by molar-refractivity contribution is 0.516. The van der Waals surface area contributed by atoms with E-state index in [0.29, 0.717) is 25.2 Å². The average molecular weight is 321 g/mol. The molecule has 0 amide bonds. The Kier molecular flexibility index (Phi) is 4.22. The highest BCUT2D eigenvalue weighted by Crippen LogP contribution is 2.16. The van der Waals surface area contributed by atoms with E-state index in [-0.39, 0.29) is 16.5 Å². The zero-order valence-corrected chi connectivity index (χ0v) is 13.2. The highest BCUT2D eigenvalue weighted by Gasteiger charge is 2.29. The van der Waals surface area contributed by atoms with Crippen molar-refractivity contribution in [3.05, 3.63) is 12.0 Å². The first-order valence-corrected chi connectivity index (χ1v) is 9.80. The normalized spacial score (nSPS) is 22.8. The first-order chi connectivity index (χ1) is 9.23. The van der Waals surface area contributed by atoms with Gasteiger partial charge < -0.3 is 4.57 Å². The summed E-state index contributed by atoms with van der Waals surface area (Å²) in [6.07, 6.45) is 2.48. The molecule has 20 heavy (non-hydrogen) atoms. The van der Waals surface area contributed by atoms with Crippen LogP contribution in [0.4, 0.5) is 0 Å². The van der Waals surface area contributed by atoms with E-state index in [2.05, 4.69) is 9.71 Å². The monoisotopic (exact) mass is 321 g/mol. The molecule has 0 radical (unpaired) electrons. The summed E-state index contributed by atoms with van der Waals surface area (Å²) in [4.78, 5) is 4.02. The highest BCUT2D eigenvalue weighted by molar-refractivity contribution is 7.91. The number of aromatic nitrogens is 2. The van der Waals surface area contributed by atoms with Gasteiger partial charge in [-0.3, -0.25) is 0 Å². The molecule has 1 unspecified atom stereocenters. The second-order valence-electron chi connectivity index (χ2n) is 4.99. The molecule has 1 aromatic rings. The maximum atomic E-state index is 12.2. The molecule has 9 heteroatoms. The second-order valence-corrected chi connectivity index (χ2v) is 8.88. The van der Waals surface area contributed by atoms with E-state index in [9.17, 15) is 16.8 Å². The number of rotatable bonds is 4. The highest BCUT2D eigenvalue weighted by atomic mass is 32.2. The zero-order chi connectivity index (χ0) is 15.0. The van der Waals surface area contributed by atoms with E-state index in [1.54, 1.807) is 11.5 Å². The Morgan fingerprint density at radius 1 is 1.50 bits per heavy atom. The Morgan fingerprint density at radius 2 is 2.20 bits per heavy atom. The fraction of sp³-hybridized carbons (Fsp3) is 0.727. The van der Waals surface area contributed by atoms with Crippen molar-refractivity contribution >= 4 is 19.9 Å². The van der Waals surface area contributed by atoms with Gasteiger partial charge in [0.1, 0.15) is 5.82 Å². The largest absolute Gasteiger partial charge is 0.334 e. The fourth-order valence-electron chi connectivity index (χ4n) is 2.32.